The lowest BCUT2D eigenvalue weighted by Crippen LogP contribution is -2.50. The van der Waals surface area contributed by atoms with Crippen molar-refractivity contribution >= 4 is 15.9 Å². The Balaban J connectivity index is 1.73. The zero-order valence-electron chi connectivity index (χ0n) is 13.0. The third kappa shape index (κ3) is 3.49. The molecular formula is C15H14F2N4O3S. The van der Waals surface area contributed by atoms with Crippen LogP contribution in [0.5, 0.6) is 0 Å². The molecule has 1 fully saturated rings. The summed E-state index contributed by atoms with van der Waals surface area (Å²) in [5, 5.41) is 0. The number of aromatic nitrogens is 2. The molecule has 0 bridgehead atoms. The van der Waals surface area contributed by atoms with Crippen LogP contribution in [0.3, 0.4) is 0 Å². The minimum atomic E-state index is -4.18. The van der Waals surface area contributed by atoms with E-state index in [0.29, 0.717) is 6.07 Å². The first-order valence-corrected chi connectivity index (χ1v) is 8.84. The molecule has 1 aliphatic heterocycles. The van der Waals surface area contributed by atoms with Crippen molar-refractivity contribution in [3.63, 3.8) is 0 Å². The monoisotopic (exact) mass is 368 g/mol. The summed E-state index contributed by atoms with van der Waals surface area (Å²) in [5.74, 6) is -2.21. The van der Waals surface area contributed by atoms with Gasteiger partial charge in [0.1, 0.15) is 22.2 Å². The first-order valence-electron chi connectivity index (χ1n) is 7.40. The molecule has 2 heterocycles. The fourth-order valence-corrected chi connectivity index (χ4v) is 4.02. The maximum absolute atomic E-state index is 13.8. The number of hydrogen-bond donors (Lipinski definition) is 0. The van der Waals surface area contributed by atoms with Gasteiger partial charge in [-0.3, -0.25) is 9.78 Å². The Bertz CT molecular complexity index is 885. The van der Waals surface area contributed by atoms with Crippen molar-refractivity contribution in [3.05, 3.63) is 54.1 Å². The van der Waals surface area contributed by atoms with E-state index in [9.17, 15) is 22.0 Å². The van der Waals surface area contributed by atoms with Crippen LogP contribution >= 0.6 is 0 Å². The van der Waals surface area contributed by atoms with Gasteiger partial charge in [-0.05, 0) is 18.2 Å². The highest BCUT2D eigenvalue weighted by Crippen LogP contribution is 2.22. The minimum absolute atomic E-state index is 0.0235. The number of carbonyl (C=O) groups excluding carboxylic acids is 1. The first-order chi connectivity index (χ1) is 11.9. The second-order valence-electron chi connectivity index (χ2n) is 5.36. The Kier molecular flexibility index (Phi) is 4.73. The summed E-state index contributed by atoms with van der Waals surface area (Å²) >= 11 is 0. The van der Waals surface area contributed by atoms with E-state index >= 15 is 0 Å². The van der Waals surface area contributed by atoms with Gasteiger partial charge in [-0.1, -0.05) is 0 Å². The van der Waals surface area contributed by atoms with Gasteiger partial charge in [-0.15, -0.1) is 0 Å². The molecule has 1 aliphatic rings. The predicted molar refractivity (Wildman–Crippen MR) is 83.1 cm³/mol. The van der Waals surface area contributed by atoms with Gasteiger partial charge >= 0.3 is 0 Å². The first kappa shape index (κ1) is 17.4. The van der Waals surface area contributed by atoms with E-state index in [-0.39, 0.29) is 37.8 Å². The van der Waals surface area contributed by atoms with Crippen molar-refractivity contribution in [2.24, 2.45) is 0 Å². The standard InChI is InChI=1S/C15H14F2N4O3S/c16-11-1-2-12(17)14(9-11)25(23,24)21-7-5-20(6-8-21)15(22)13-10-18-3-4-19-13/h1-4,9-10H,5-8H2. The van der Waals surface area contributed by atoms with Gasteiger partial charge in [0.2, 0.25) is 10.0 Å². The van der Waals surface area contributed by atoms with Gasteiger partial charge in [-0.25, -0.2) is 22.2 Å². The molecule has 2 aromatic rings. The highest BCUT2D eigenvalue weighted by Gasteiger charge is 2.32. The van der Waals surface area contributed by atoms with Crippen molar-refractivity contribution in [2.75, 3.05) is 26.2 Å². The number of rotatable bonds is 3. The SMILES string of the molecule is O=C(c1cnccn1)N1CCN(S(=O)(=O)c2cc(F)ccc2F)CC1. The Labute approximate surface area is 143 Å². The Morgan fingerprint density at radius 3 is 2.44 bits per heavy atom. The van der Waals surface area contributed by atoms with Crippen molar-refractivity contribution in [3.8, 4) is 0 Å². The van der Waals surface area contributed by atoms with Crippen LogP contribution in [0.1, 0.15) is 10.5 Å². The van der Waals surface area contributed by atoms with Crippen LogP contribution in [-0.2, 0) is 10.0 Å². The largest absolute Gasteiger partial charge is 0.335 e. The molecule has 0 spiro atoms. The van der Waals surface area contributed by atoms with E-state index in [0.717, 1.165) is 16.4 Å². The van der Waals surface area contributed by atoms with Crippen LogP contribution in [0.15, 0.2) is 41.7 Å². The molecule has 0 saturated carbocycles. The number of hydrogen-bond acceptors (Lipinski definition) is 5. The molecule has 0 N–H and O–H groups in total. The van der Waals surface area contributed by atoms with Crippen molar-refractivity contribution < 1.29 is 22.0 Å². The molecule has 1 saturated heterocycles. The topological polar surface area (TPSA) is 83.5 Å². The van der Waals surface area contributed by atoms with Crippen LogP contribution in [0, 0.1) is 11.6 Å². The van der Waals surface area contributed by atoms with E-state index in [2.05, 4.69) is 9.97 Å². The van der Waals surface area contributed by atoms with Crippen molar-refractivity contribution in [2.45, 2.75) is 4.90 Å². The number of sulfonamides is 1. The zero-order valence-corrected chi connectivity index (χ0v) is 13.8. The number of piperazine rings is 1. The molecule has 7 nitrogen and oxygen atoms in total. The molecule has 3 rings (SSSR count). The molecule has 0 aliphatic carbocycles. The van der Waals surface area contributed by atoms with E-state index in [4.69, 9.17) is 0 Å². The van der Waals surface area contributed by atoms with Crippen molar-refractivity contribution in [1.29, 1.82) is 0 Å². The zero-order chi connectivity index (χ0) is 18.0. The summed E-state index contributed by atoms with van der Waals surface area (Å²) in [5.41, 5.74) is 0.162. The van der Waals surface area contributed by atoms with E-state index in [1.165, 1.54) is 23.5 Å². The van der Waals surface area contributed by atoms with Gasteiger partial charge < -0.3 is 4.90 Å². The lowest BCUT2D eigenvalue weighted by molar-refractivity contribution is 0.0691. The smallest absolute Gasteiger partial charge is 0.274 e. The molecule has 132 valence electrons. The quantitative estimate of drug-likeness (QED) is 0.804. The maximum atomic E-state index is 13.8. The molecule has 1 aromatic heterocycles. The molecule has 0 atom stereocenters. The van der Waals surface area contributed by atoms with Gasteiger partial charge in [-0.2, -0.15) is 4.31 Å². The summed E-state index contributed by atoms with van der Waals surface area (Å²) in [6.45, 7) is 0.186. The summed E-state index contributed by atoms with van der Waals surface area (Å²) < 4.78 is 53.1. The molecule has 1 amide bonds. The second kappa shape index (κ2) is 6.81. The summed E-state index contributed by atoms with van der Waals surface area (Å²) in [4.78, 5) is 20.7. The Morgan fingerprint density at radius 2 is 1.80 bits per heavy atom. The number of nitrogens with zero attached hydrogens (tertiary/aromatic N) is 4. The molecule has 10 heteroatoms. The third-order valence-corrected chi connectivity index (χ3v) is 5.73. The van der Waals surface area contributed by atoms with Crippen LogP contribution < -0.4 is 0 Å². The summed E-state index contributed by atoms with van der Waals surface area (Å²) in [6.07, 6.45) is 4.16. The van der Waals surface area contributed by atoms with Gasteiger partial charge in [0, 0.05) is 38.6 Å². The molecule has 0 unspecified atom stereocenters. The summed E-state index contributed by atoms with van der Waals surface area (Å²) in [6, 6.07) is 2.28. The molecular weight excluding hydrogens is 354 g/mol. The van der Waals surface area contributed by atoms with Crippen LogP contribution in [0.25, 0.3) is 0 Å². The number of benzene rings is 1. The predicted octanol–water partition coefficient (Wildman–Crippen LogP) is 0.901. The lowest BCUT2D eigenvalue weighted by atomic mass is 10.3. The highest BCUT2D eigenvalue weighted by molar-refractivity contribution is 7.89. The summed E-state index contributed by atoms with van der Waals surface area (Å²) in [7, 11) is -4.18. The average molecular weight is 368 g/mol. The minimum Gasteiger partial charge on any atom is -0.335 e. The van der Waals surface area contributed by atoms with Crippen molar-refractivity contribution in [1.82, 2.24) is 19.2 Å². The average Bonchev–Trinajstić information content (AvgIpc) is 2.64. The van der Waals surface area contributed by atoms with Gasteiger partial charge in [0.05, 0.1) is 6.20 Å². The molecule has 25 heavy (non-hydrogen) atoms. The van der Waals surface area contributed by atoms with Gasteiger partial charge in [0.25, 0.3) is 5.91 Å². The van der Waals surface area contributed by atoms with Crippen LogP contribution in [0.2, 0.25) is 0 Å². The molecule has 0 radical (unpaired) electrons. The fraction of sp³-hybridized carbons (Fsp3) is 0.267. The Hall–Kier alpha value is -2.46. The number of halogens is 2. The third-order valence-electron chi connectivity index (χ3n) is 3.82. The maximum Gasteiger partial charge on any atom is 0.274 e. The highest BCUT2D eigenvalue weighted by atomic mass is 32.2. The fourth-order valence-electron chi connectivity index (χ4n) is 2.52. The number of carbonyl (C=O) groups is 1. The second-order valence-corrected chi connectivity index (χ2v) is 7.27. The lowest BCUT2D eigenvalue weighted by Gasteiger charge is -2.33. The van der Waals surface area contributed by atoms with E-state index < -0.39 is 26.6 Å². The Morgan fingerprint density at radius 1 is 1.08 bits per heavy atom. The van der Waals surface area contributed by atoms with Gasteiger partial charge in [0.15, 0.2) is 0 Å². The van der Waals surface area contributed by atoms with Crippen LogP contribution in [-0.4, -0.2) is 59.7 Å². The molecule has 1 aromatic carbocycles. The van der Waals surface area contributed by atoms with E-state index in [1.807, 2.05) is 0 Å². The normalized spacial score (nSPS) is 16.0. The van der Waals surface area contributed by atoms with E-state index in [1.54, 1.807) is 0 Å². The van der Waals surface area contributed by atoms with Crippen LogP contribution in [0.4, 0.5) is 8.78 Å². The number of amides is 1.